The highest BCUT2D eigenvalue weighted by molar-refractivity contribution is 5.57. The molecule has 1 saturated heterocycles. The SMILES string of the molecule is C=C1NCN/C1=C\c1ccccc1.[HH]. The number of hydrogen-bond acceptors (Lipinski definition) is 2. The number of hydrogen-bond donors (Lipinski definition) is 2. The second-order valence-electron chi connectivity index (χ2n) is 2.98. The minimum Gasteiger partial charge on any atom is -0.367 e. The Bertz CT molecular complexity index is 344. The summed E-state index contributed by atoms with van der Waals surface area (Å²) in [4.78, 5) is 0. The van der Waals surface area contributed by atoms with Gasteiger partial charge in [-0.1, -0.05) is 36.9 Å². The largest absolute Gasteiger partial charge is 0.367 e. The zero-order valence-corrected chi connectivity index (χ0v) is 7.38. The molecule has 1 aliphatic rings. The Balaban J connectivity index is 0.000000980. The molecular weight excluding hydrogens is 160 g/mol. The van der Waals surface area contributed by atoms with Crippen molar-refractivity contribution >= 4 is 6.08 Å². The van der Waals surface area contributed by atoms with Gasteiger partial charge < -0.3 is 10.6 Å². The van der Waals surface area contributed by atoms with Gasteiger partial charge in [0.05, 0.1) is 18.1 Å². The Morgan fingerprint density at radius 3 is 2.62 bits per heavy atom. The lowest BCUT2D eigenvalue weighted by Gasteiger charge is -1.98. The fourth-order valence-electron chi connectivity index (χ4n) is 1.30. The van der Waals surface area contributed by atoms with Crippen molar-refractivity contribution < 1.29 is 1.43 Å². The van der Waals surface area contributed by atoms with Crippen LogP contribution in [-0.2, 0) is 0 Å². The summed E-state index contributed by atoms with van der Waals surface area (Å²) >= 11 is 0. The first-order valence-corrected chi connectivity index (χ1v) is 4.30. The van der Waals surface area contributed by atoms with Gasteiger partial charge in [-0.25, -0.2) is 0 Å². The van der Waals surface area contributed by atoms with Crippen LogP contribution in [0.3, 0.4) is 0 Å². The van der Waals surface area contributed by atoms with Crippen molar-refractivity contribution in [2.45, 2.75) is 0 Å². The maximum atomic E-state index is 3.89. The van der Waals surface area contributed by atoms with Crippen molar-refractivity contribution in [1.82, 2.24) is 10.6 Å². The van der Waals surface area contributed by atoms with Crippen LogP contribution >= 0.6 is 0 Å². The summed E-state index contributed by atoms with van der Waals surface area (Å²) in [6.07, 6.45) is 2.09. The van der Waals surface area contributed by atoms with E-state index in [0.29, 0.717) is 0 Å². The summed E-state index contributed by atoms with van der Waals surface area (Å²) in [5, 5.41) is 6.32. The molecule has 1 fully saturated rings. The number of nitrogens with one attached hydrogen (secondary N) is 2. The topological polar surface area (TPSA) is 24.1 Å². The molecule has 68 valence electrons. The van der Waals surface area contributed by atoms with Crippen molar-refractivity contribution in [2.75, 3.05) is 6.67 Å². The summed E-state index contributed by atoms with van der Waals surface area (Å²) in [6.45, 7) is 4.67. The Morgan fingerprint density at radius 2 is 2.00 bits per heavy atom. The summed E-state index contributed by atoms with van der Waals surface area (Å²) < 4.78 is 0. The molecule has 1 aromatic carbocycles. The lowest BCUT2D eigenvalue weighted by Crippen LogP contribution is -2.10. The lowest BCUT2D eigenvalue weighted by atomic mass is 10.2. The quantitative estimate of drug-likeness (QED) is 0.680. The molecule has 0 aromatic heterocycles. The molecule has 2 nitrogen and oxygen atoms in total. The average molecular weight is 174 g/mol. The maximum absolute atomic E-state index is 3.89. The van der Waals surface area contributed by atoms with Crippen molar-refractivity contribution in [1.29, 1.82) is 0 Å². The Hall–Kier alpha value is -1.70. The van der Waals surface area contributed by atoms with Crippen molar-refractivity contribution in [3.05, 3.63) is 53.9 Å². The highest BCUT2D eigenvalue weighted by Gasteiger charge is 2.07. The minimum absolute atomic E-state index is 0. The van der Waals surface area contributed by atoms with Crippen LogP contribution in [0.15, 0.2) is 48.3 Å². The van der Waals surface area contributed by atoms with E-state index in [1.54, 1.807) is 0 Å². The fraction of sp³-hybridized carbons (Fsp3) is 0.0909. The van der Waals surface area contributed by atoms with Gasteiger partial charge in [0.15, 0.2) is 0 Å². The van der Waals surface area contributed by atoms with E-state index in [2.05, 4.69) is 35.4 Å². The second kappa shape index (κ2) is 3.35. The lowest BCUT2D eigenvalue weighted by molar-refractivity contribution is 0.842. The first-order valence-electron chi connectivity index (χ1n) is 4.30. The van der Waals surface area contributed by atoms with E-state index in [1.807, 2.05) is 18.2 Å². The molecule has 0 atom stereocenters. The molecule has 13 heavy (non-hydrogen) atoms. The van der Waals surface area contributed by atoms with Gasteiger partial charge in [-0.05, 0) is 11.6 Å². The second-order valence-corrected chi connectivity index (χ2v) is 2.98. The van der Waals surface area contributed by atoms with Gasteiger partial charge in [0.1, 0.15) is 0 Å². The molecule has 0 bridgehead atoms. The molecule has 1 aromatic rings. The van der Waals surface area contributed by atoms with Crippen LogP contribution in [0, 0.1) is 0 Å². The van der Waals surface area contributed by atoms with Crippen LogP contribution in [0.5, 0.6) is 0 Å². The van der Waals surface area contributed by atoms with Crippen molar-refractivity contribution in [3.63, 3.8) is 0 Å². The van der Waals surface area contributed by atoms with E-state index in [4.69, 9.17) is 0 Å². The first-order chi connectivity index (χ1) is 6.36. The molecule has 0 radical (unpaired) electrons. The molecule has 2 N–H and O–H groups in total. The standard InChI is InChI=1S/C11H12N2.H2/c1-9-11(13-8-12-9)7-10-5-3-2-4-6-10;/h2-7,12-13H,1,8H2;1H/b11-7-;. The Labute approximate surface area is 79.5 Å². The summed E-state index contributed by atoms with van der Waals surface area (Å²) in [7, 11) is 0. The third-order valence-electron chi connectivity index (χ3n) is 2.02. The van der Waals surface area contributed by atoms with Crippen molar-refractivity contribution in [3.8, 4) is 0 Å². The minimum atomic E-state index is 0. The van der Waals surface area contributed by atoms with Crippen LogP contribution in [0.1, 0.15) is 6.99 Å². The molecular formula is C11H14N2. The van der Waals surface area contributed by atoms with Crippen LogP contribution in [-0.4, -0.2) is 6.67 Å². The van der Waals surface area contributed by atoms with Crippen LogP contribution in [0.2, 0.25) is 0 Å². The first kappa shape index (κ1) is 7.92. The van der Waals surface area contributed by atoms with Gasteiger partial charge in [-0.3, -0.25) is 0 Å². The predicted molar refractivity (Wildman–Crippen MR) is 56.8 cm³/mol. The highest BCUT2D eigenvalue weighted by atomic mass is 15.2. The van der Waals surface area contributed by atoms with Gasteiger partial charge in [0.25, 0.3) is 0 Å². The molecule has 0 spiro atoms. The van der Waals surface area contributed by atoms with Gasteiger partial charge in [-0.15, -0.1) is 0 Å². The summed E-state index contributed by atoms with van der Waals surface area (Å²) in [6, 6.07) is 10.2. The van der Waals surface area contributed by atoms with Crippen LogP contribution < -0.4 is 10.6 Å². The van der Waals surface area contributed by atoms with Gasteiger partial charge >= 0.3 is 0 Å². The van der Waals surface area contributed by atoms with Gasteiger partial charge in [0.2, 0.25) is 0 Å². The van der Waals surface area contributed by atoms with E-state index >= 15 is 0 Å². The fourth-order valence-corrected chi connectivity index (χ4v) is 1.30. The number of benzene rings is 1. The Morgan fingerprint density at radius 1 is 1.23 bits per heavy atom. The van der Waals surface area contributed by atoms with Crippen molar-refractivity contribution in [2.24, 2.45) is 0 Å². The zero-order chi connectivity index (χ0) is 9.10. The summed E-state index contributed by atoms with van der Waals surface area (Å²) in [5.74, 6) is 0. The molecule has 1 heterocycles. The average Bonchev–Trinajstić information content (AvgIpc) is 2.54. The van der Waals surface area contributed by atoms with E-state index in [-0.39, 0.29) is 1.43 Å². The highest BCUT2D eigenvalue weighted by Crippen LogP contribution is 2.11. The molecule has 2 rings (SSSR count). The van der Waals surface area contributed by atoms with Crippen LogP contribution in [0.25, 0.3) is 6.08 Å². The summed E-state index contributed by atoms with van der Waals surface area (Å²) in [5.41, 5.74) is 3.23. The molecule has 0 saturated carbocycles. The molecule has 0 amide bonds. The molecule has 1 aliphatic heterocycles. The zero-order valence-electron chi connectivity index (χ0n) is 7.38. The smallest absolute Gasteiger partial charge is 0.0850 e. The number of rotatable bonds is 1. The third-order valence-corrected chi connectivity index (χ3v) is 2.02. The monoisotopic (exact) mass is 174 g/mol. The van der Waals surface area contributed by atoms with E-state index in [0.717, 1.165) is 18.1 Å². The normalized spacial score (nSPS) is 18.5. The van der Waals surface area contributed by atoms with Crippen LogP contribution in [0.4, 0.5) is 0 Å². The molecule has 0 aliphatic carbocycles. The Kier molecular flexibility index (Phi) is 2.04. The van der Waals surface area contributed by atoms with Gasteiger partial charge in [-0.2, -0.15) is 0 Å². The van der Waals surface area contributed by atoms with E-state index < -0.39 is 0 Å². The third kappa shape index (κ3) is 1.72. The molecule has 2 heteroatoms. The molecule has 0 unspecified atom stereocenters. The van der Waals surface area contributed by atoms with E-state index in [9.17, 15) is 0 Å². The van der Waals surface area contributed by atoms with E-state index in [1.165, 1.54) is 5.56 Å². The maximum Gasteiger partial charge on any atom is 0.0850 e. The van der Waals surface area contributed by atoms with Gasteiger partial charge in [0, 0.05) is 1.43 Å². The predicted octanol–water partition coefficient (Wildman–Crippen LogP) is 1.94.